The van der Waals surface area contributed by atoms with E-state index in [1.54, 1.807) is 7.11 Å². The number of hydrogen-bond donors (Lipinski definition) is 1. The predicted octanol–water partition coefficient (Wildman–Crippen LogP) is 3.60. The molecule has 1 fully saturated rings. The minimum Gasteiger partial charge on any atom is -0.497 e. The Morgan fingerprint density at radius 1 is 1.12 bits per heavy atom. The lowest BCUT2D eigenvalue weighted by Crippen LogP contribution is -2.48. The van der Waals surface area contributed by atoms with Crippen molar-refractivity contribution < 1.29 is 9.53 Å². The fourth-order valence-corrected chi connectivity index (χ4v) is 4.69. The van der Waals surface area contributed by atoms with E-state index < -0.39 is 0 Å². The van der Waals surface area contributed by atoms with Gasteiger partial charge in [0.2, 0.25) is 5.91 Å². The molecule has 1 N–H and O–H groups in total. The number of nitrogens with one attached hydrogen (secondary N) is 1. The molecular weight excluding hydrogens is 312 g/mol. The van der Waals surface area contributed by atoms with Gasteiger partial charge in [0.05, 0.1) is 12.8 Å². The zero-order valence-corrected chi connectivity index (χ0v) is 14.2. The standard InChI is InChI=1S/C21H20N2O2/c1-25-15-7-8-18-17(13-15)16-10-12-23-19(24)9-11-21(23,20(16)22-18)14-5-3-2-4-6-14/h2-8,13,22H,9-12H2,1H3. The molecule has 1 saturated heterocycles. The van der Waals surface area contributed by atoms with Crippen molar-refractivity contribution in [2.24, 2.45) is 0 Å². The highest BCUT2D eigenvalue weighted by Gasteiger charge is 2.52. The summed E-state index contributed by atoms with van der Waals surface area (Å²) in [6, 6.07) is 16.6. The van der Waals surface area contributed by atoms with E-state index in [0.717, 1.165) is 30.7 Å². The first-order valence-corrected chi connectivity index (χ1v) is 8.79. The zero-order valence-electron chi connectivity index (χ0n) is 14.2. The molecule has 2 aliphatic heterocycles. The molecular formula is C21H20N2O2. The third-order valence-electron chi connectivity index (χ3n) is 5.83. The number of carbonyl (C=O) groups is 1. The monoisotopic (exact) mass is 332 g/mol. The van der Waals surface area contributed by atoms with Crippen molar-refractivity contribution in [3.05, 3.63) is 65.4 Å². The zero-order chi connectivity index (χ0) is 17.0. The van der Waals surface area contributed by atoms with Crippen molar-refractivity contribution in [1.29, 1.82) is 0 Å². The third kappa shape index (κ3) is 1.85. The molecule has 1 aromatic heterocycles. The summed E-state index contributed by atoms with van der Waals surface area (Å²) in [6.45, 7) is 0.769. The summed E-state index contributed by atoms with van der Waals surface area (Å²) in [6.07, 6.45) is 2.31. The van der Waals surface area contributed by atoms with E-state index in [1.807, 2.05) is 12.1 Å². The molecule has 1 atom stereocenters. The van der Waals surface area contributed by atoms with Gasteiger partial charge in [-0.2, -0.15) is 0 Å². The maximum atomic E-state index is 12.6. The molecule has 126 valence electrons. The first-order valence-electron chi connectivity index (χ1n) is 8.79. The van der Waals surface area contributed by atoms with Crippen molar-refractivity contribution in [1.82, 2.24) is 9.88 Å². The van der Waals surface area contributed by atoms with Crippen molar-refractivity contribution in [3.63, 3.8) is 0 Å². The van der Waals surface area contributed by atoms with E-state index in [-0.39, 0.29) is 11.4 Å². The van der Waals surface area contributed by atoms with Crippen molar-refractivity contribution in [2.45, 2.75) is 24.8 Å². The number of hydrogen-bond acceptors (Lipinski definition) is 2. The first-order chi connectivity index (χ1) is 12.2. The van der Waals surface area contributed by atoms with Crippen LogP contribution in [0.25, 0.3) is 10.9 Å². The van der Waals surface area contributed by atoms with E-state index in [4.69, 9.17) is 4.74 Å². The van der Waals surface area contributed by atoms with Crippen LogP contribution >= 0.6 is 0 Å². The molecule has 2 aliphatic rings. The van der Waals surface area contributed by atoms with Crippen LogP contribution in [0.4, 0.5) is 0 Å². The molecule has 0 aliphatic carbocycles. The Hall–Kier alpha value is -2.75. The number of H-pyrrole nitrogens is 1. The largest absolute Gasteiger partial charge is 0.497 e. The fourth-order valence-electron chi connectivity index (χ4n) is 4.69. The molecule has 0 spiro atoms. The molecule has 0 bridgehead atoms. The molecule has 2 aromatic carbocycles. The molecule has 4 heteroatoms. The van der Waals surface area contributed by atoms with Gasteiger partial charge in [0.25, 0.3) is 0 Å². The second-order valence-electron chi connectivity index (χ2n) is 6.91. The van der Waals surface area contributed by atoms with E-state index in [1.165, 1.54) is 22.2 Å². The van der Waals surface area contributed by atoms with Crippen LogP contribution in [0.2, 0.25) is 0 Å². The van der Waals surface area contributed by atoms with Crippen LogP contribution in [0.1, 0.15) is 29.7 Å². The van der Waals surface area contributed by atoms with Gasteiger partial charge < -0.3 is 14.6 Å². The number of rotatable bonds is 2. The number of ether oxygens (including phenoxy) is 1. The minimum absolute atomic E-state index is 0.255. The highest BCUT2D eigenvalue weighted by Crippen LogP contribution is 2.50. The molecule has 3 heterocycles. The maximum Gasteiger partial charge on any atom is 0.223 e. The lowest BCUT2D eigenvalue weighted by atomic mass is 9.79. The maximum absolute atomic E-state index is 12.6. The highest BCUT2D eigenvalue weighted by atomic mass is 16.5. The Labute approximate surface area is 146 Å². The predicted molar refractivity (Wildman–Crippen MR) is 96.7 cm³/mol. The molecule has 25 heavy (non-hydrogen) atoms. The topological polar surface area (TPSA) is 45.3 Å². The lowest BCUT2D eigenvalue weighted by molar-refractivity contribution is -0.131. The van der Waals surface area contributed by atoms with Gasteiger partial charge in [0.15, 0.2) is 0 Å². The molecule has 4 nitrogen and oxygen atoms in total. The Morgan fingerprint density at radius 3 is 2.76 bits per heavy atom. The second kappa shape index (κ2) is 5.12. The van der Waals surface area contributed by atoms with Gasteiger partial charge in [-0.25, -0.2) is 0 Å². The van der Waals surface area contributed by atoms with Gasteiger partial charge in [0.1, 0.15) is 11.3 Å². The van der Waals surface area contributed by atoms with Crippen LogP contribution in [0.5, 0.6) is 5.75 Å². The van der Waals surface area contributed by atoms with Gasteiger partial charge in [-0.3, -0.25) is 4.79 Å². The normalized spacial score (nSPS) is 22.1. The number of aromatic nitrogens is 1. The van der Waals surface area contributed by atoms with E-state index >= 15 is 0 Å². The SMILES string of the molecule is COc1ccc2[nH]c3c(c2c1)CCN1C(=O)CCC31c1ccccc1. The minimum atomic E-state index is -0.363. The summed E-state index contributed by atoms with van der Waals surface area (Å²) in [7, 11) is 1.70. The van der Waals surface area contributed by atoms with E-state index in [0.29, 0.717) is 6.42 Å². The summed E-state index contributed by atoms with van der Waals surface area (Å²) < 4.78 is 5.42. The van der Waals surface area contributed by atoms with Crippen LogP contribution in [-0.2, 0) is 16.8 Å². The van der Waals surface area contributed by atoms with E-state index in [9.17, 15) is 4.79 Å². The fraction of sp³-hybridized carbons (Fsp3) is 0.286. The first kappa shape index (κ1) is 14.6. The van der Waals surface area contributed by atoms with Crippen molar-refractivity contribution in [2.75, 3.05) is 13.7 Å². The Morgan fingerprint density at radius 2 is 1.96 bits per heavy atom. The lowest BCUT2D eigenvalue weighted by Gasteiger charge is -2.42. The summed E-state index contributed by atoms with van der Waals surface area (Å²) in [5, 5.41) is 1.21. The van der Waals surface area contributed by atoms with Gasteiger partial charge in [-0.05, 0) is 42.2 Å². The highest BCUT2D eigenvalue weighted by molar-refractivity contribution is 5.89. The van der Waals surface area contributed by atoms with Gasteiger partial charge in [0, 0.05) is 23.9 Å². The average molecular weight is 332 g/mol. The van der Waals surface area contributed by atoms with Gasteiger partial charge in [-0.1, -0.05) is 30.3 Å². The van der Waals surface area contributed by atoms with Crippen molar-refractivity contribution >= 4 is 16.8 Å². The third-order valence-corrected chi connectivity index (χ3v) is 5.83. The van der Waals surface area contributed by atoms with Crippen LogP contribution in [0, 0.1) is 0 Å². The molecule has 3 aromatic rings. The number of methoxy groups -OCH3 is 1. The van der Waals surface area contributed by atoms with Crippen LogP contribution in [0.3, 0.4) is 0 Å². The van der Waals surface area contributed by atoms with Crippen LogP contribution < -0.4 is 4.74 Å². The van der Waals surface area contributed by atoms with E-state index in [2.05, 4.69) is 46.3 Å². The molecule has 0 radical (unpaired) electrons. The molecule has 0 saturated carbocycles. The smallest absolute Gasteiger partial charge is 0.223 e. The Bertz CT molecular complexity index is 976. The Kier molecular flexibility index (Phi) is 2.99. The van der Waals surface area contributed by atoms with Crippen LogP contribution in [0.15, 0.2) is 48.5 Å². The van der Waals surface area contributed by atoms with Crippen molar-refractivity contribution in [3.8, 4) is 5.75 Å². The number of carbonyl (C=O) groups excluding carboxylic acids is 1. The number of aromatic amines is 1. The van der Waals surface area contributed by atoms with Gasteiger partial charge >= 0.3 is 0 Å². The molecule has 1 amide bonds. The summed E-state index contributed by atoms with van der Waals surface area (Å²) in [5.41, 5.74) is 4.45. The van der Waals surface area contributed by atoms with Gasteiger partial charge in [-0.15, -0.1) is 0 Å². The molecule has 5 rings (SSSR count). The summed E-state index contributed by atoms with van der Waals surface area (Å²) in [5.74, 6) is 1.12. The number of benzene rings is 2. The average Bonchev–Trinajstić information content (AvgIpc) is 3.21. The van der Waals surface area contributed by atoms with Crippen LogP contribution in [-0.4, -0.2) is 29.4 Å². The number of fused-ring (bicyclic) bond motifs is 5. The number of nitrogens with zero attached hydrogens (tertiary/aromatic N) is 1. The molecule has 1 unspecified atom stereocenters. The number of amides is 1. The Balaban J connectivity index is 1.81. The quantitative estimate of drug-likeness (QED) is 0.779. The summed E-state index contributed by atoms with van der Waals surface area (Å²) >= 11 is 0. The summed E-state index contributed by atoms with van der Waals surface area (Å²) in [4.78, 5) is 18.3. The second-order valence-corrected chi connectivity index (χ2v) is 6.91.